The smallest absolute Gasteiger partial charge is 0.416 e. The van der Waals surface area contributed by atoms with Crippen molar-refractivity contribution in [1.82, 2.24) is 14.8 Å². The van der Waals surface area contributed by atoms with E-state index in [1.54, 1.807) is 7.05 Å². The molecule has 0 bridgehead atoms. The van der Waals surface area contributed by atoms with Crippen molar-refractivity contribution >= 4 is 22.6 Å². The fourth-order valence-corrected chi connectivity index (χ4v) is 2.50. The van der Waals surface area contributed by atoms with Gasteiger partial charge in [-0.2, -0.15) is 18.3 Å². The number of anilines is 1. The molecule has 2 N–H and O–H groups in total. The van der Waals surface area contributed by atoms with Crippen molar-refractivity contribution in [2.75, 3.05) is 12.8 Å². The molecule has 0 aliphatic carbocycles. The number of hydrogen-bond acceptors (Lipinski definition) is 5. The van der Waals surface area contributed by atoms with Gasteiger partial charge in [0.2, 0.25) is 0 Å². The maximum absolute atomic E-state index is 13.0. The summed E-state index contributed by atoms with van der Waals surface area (Å²) >= 11 is 0. The highest BCUT2D eigenvalue weighted by atomic mass is 19.4. The number of methoxy groups -OCH3 is 1. The summed E-state index contributed by atoms with van der Waals surface area (Å²) in [4.78, 5) is 15.7. The van der Waals surface area contributed by atoms with E-state index < -0.39 is 17.7 Å². The lowest BCUT2D eigenvalue weighted by Gasteiger charge is -2.05. The van der Waals surface area contributed by atoms with Crippen LogP contribution in [0.5, 0.6) is 0 Å². The molecule has 2 aromatic heterocycles. The van der Waals surface area contributed by atoms with Crippen LogP contribution in [0, 0.1) is 11.8 Å². The Bertz CT molecular complexity index is 1110. The van der Waals surface area contributed by atoms with Crippen LogP contribution in [0.2, 0.25) is 0 Å². The molecule has 2 heterocycles. The van der Waals surface area contributed by atoms with E-state index in [9.17, 15) is 18.0 Å². The number of halogens is 3. The number of alkyl halides is 3. The summed E-state index contributed by atoms with van der Waals surface area (Å²) in [5.41, 5.74) is 5.98. The normalized spacial score (nSPS) is 11.1. The first kappa shape index (κ1) is 18.3. The van der Waals surface area contributed by atoms with Gasteiger partial charge in [-0.15, -0.1) is 0 Å². The molecule has 3 rings (SSSR count). The summed E-state index contributed by atoms with van der Waals surface area (Å²) in [6.45, 7) is 0. The Kier molecular flexibility index (Phi) is 4.49. The molecule has 0 aliphatic heterocycles. The van der Waals surface area contributed by atoms with Gasteiger partial charge in [-0.05, 0) is 36.1 Å². The maximum Gasteiger partial charge on any atom is 0.416 e. The number of aromatic nitrogens is 3. The van der Waals surface area contributed by atoms with E-state index in [0.29, 0.717) is 5.52 Å². The van der Waals surface area contributed by atoms with Crippen molar-refractivity contribution in [2.24, 2.45) is 7.05 Å². The SMILES string of the molecule is COC(=O)c1ccnc(C#Cc2c3cc(C(F)(F)F)ccc3nn2C)c1N. The Morgan fingerprint density at radius 1 is 1.26 bits per heavy atom. The fourth-order valence-electron chi connectivity index (χ4n) is 2.50. The van der Waals surface area contributed by atoms with E-state index in [1.165, 1.54) is 30.1 Å². The molecule has 0 aliphatic rings. The zero-order chi connectivity index (χ0) is 19.8. The van der Waals surface area contributed by atoms with Crippen LogP contribution in [0.15, 0.2) is 30.5 Å². The molecule has 0 radical (unpaired) electrons. The number of carbonyl (C=O) groups excluding carboxylic acids is 1. The molecule has 0 spiro atoms. The van der Waals surface area contributed by atoms with Gasteiger partial charge in [0.05, 0.1) is 29.4 Å². The second-order valence-corrected chi connectivity index (χ2v) is 5.56. The van der Waals surface area contributed by atoms with Crippen molar-refractivity contribution in [2.45, 2.75) is 6.18 Å². The molecule has 0 amide bonds. The molecular formula is C18H13F3N4O2. The Balaban J connectivity index is 2.11. The molecule has 0 saturated heterocycles. The first-order valence-corrected chi connectivity index (χ1v) is 7.61. The van der Waals surface area contributed by atoms with Crippen LogP contribution < -0.4 is 5.73 Å². The second kappa shape index (κ2) is 6.64. The molecular weight excluding hydrogens is 361 g/mol. The molecule has 138 valence electrons. The lowest BCUT2D eigenvalue weighted by molar-refractivity contribution is -0.137. The Morgan fingerprint density at radius 2 is 2.00 bits per heavy atom. The third-order valence-electron chi connectivity index (χ3n) is 3.86. The number of carbonyl (C=O) groups is 1. The van der Waals surface area contributed by atoms with Gasteiger partial charge in [-0.1, -0.05) is 0 Å². The van der Waals surface area contributed by atoms with Crippen LogP contribution in [-0.4, -0.2) is 27.8 Å². The fraction of sp³-hybridized carbons (Fsp3) is 0.167. The number of nitrogens with two attached hydrogens (primary N) is 1. The van der Waals surface area contributed by atoms with E-state index in [4.69, 9.17) is 5.73 Å². The van der Waals surface area contributed by atoms with Crippen LogP contribution in [0.25, 0.3) is 10.9 Å². The largest absolute Gasteiger partial charge is 0.465 e. The molecule has 1 aromatic carbocycles. The minimum Gasteiger partial charge on any atom is -0.465 e. The number of ether oxygens (including phenoxy) is 1. The van der Waals surface area contributed by atoms with Crippen LogP contribution >= 0.6 is 0 Å². The van der Waals surface area contributed by atoms with Crippen molar-refractivity contribution in [3.63, 3.8) is 0 Å². The number of nitrogen functional groups attached to an aromatic ring is 1. The van der Waals surface area contributed by atoms with Crippen LogP contribution in [0.1, 0.15) is 27.3 Å². The molecule has 3 aromatic rings. The van der Waals surface area contributed by atoms with Crippen molar-refractivity contribution in [3.05, 3.63) is 53.0 Å². The zero-order valence-corrected chi connectivity index (χ0v) is 14.3. The van der Waals surface area contributed by atoms with Gasteiger partial charge < -0.3 is 10.5 Å². The summed E-state index contributed by atoms with van der Waals surface area (Å²) in [7, 11) is 2.78. The summed E-state index contributed by atoms with van der Waals surface area (Å²) in [6.07, 6.45) is -3.13. The van der Waals surface area contributed by atoms with Gasteiger partial charge in [0.25, 0.3) is 0 Å². The van der Waals surface area contributed by atoms with Crippen molar-refractivity contribution in [1.29, 1.82) is 0 Å². The number of nitrogens with zero attached hydrogens (tertiary/aromatic N) is 3. The van der Waals surface area contributed by atoms with Crippen LogP contribution in [0.3, 0.4) is 0 Å². The van der Waals surface area contributed by atoms with E-state index >= 15 is 0 Å². The third kappa shape index (κ3) is 3.42. The predicted molar refractivity (Wildman–Crippen MR) is 91.7 cm³/mol. The van der Waals surface area contributed by atoms with Crippen LogP contribution in [-0.2, 0) is 18.0 Å². The van der Waals surface area contributed by atoms with Gasteiger partial charge in [0, 0.05) is 18.6 Å². The Morgan fingerprint density at radius 3 is 2.67 bits per heavy atom. The maximum atomic E-state index is 13.0. The molecule has 0 atom stereocenters. The van der Waals surface area contributed by atoms with Gasteiger partial charge in [0.1, 0.15) is 11.4 Å². The number of pyridine rings is 1. The Hall–Kier alpha value is -3.54. The number of benzene rings is 1. The predicted octanol–water partition coefficient (Wildman–Crippen LogP) is 2.76. The number of aryl methyl sites for hydroxylation is 1. The summed E-state index contributed by atoms with van der Waals surface area (Å²) < 4.78 is 44.9. The van der Waals surface area contributed by atoms with Crippen molar-refractivity contribution in [3.8, 4) is 11.8 Å². The van der Waals surface area contributed by atoms with Gasteiger partial charge in [0.15, 0.2) is 0 Å². The van der Waals surface area contributed by atoms with E-state index in [0.717, 1.165) is 12.1 Å². The van der Waals surface area contributed by atoms with E-state index in [-0.39, 0.29) is 28.0 Å². The van der Waals surface area contributed by atoms with Gasteiger partial charge in [-0.25, -0.2) is 9.78 Å². The number of rotatable bonds is 1. The molecule has 0 fully saturated rings. The lowest BCUT2D eigenvalue weighted by atomic mass is 10.1. The molecule has 9 heteroatoms. The highest BCUT2D eigenvalue weighted by Crippen LogP contribution is 2.32. The minimum atomic E-state index is -4.48. The third-order valence-corrected chi connectivity index (χ3v) is 3.86. The van der Waals surface area contributed by atoms with Crippen molar-refractivity contribution < 1.29 is 22.7 Å². The minimum absolute atomic E-state index is 0.0271. The first-order valence-electron chi connectivity index (χ1n) is 7.61. The number of esters is 1. The first-order chi connectivity index (χ1) is 12.7. The number of hydrogen-bond donors (Lipinski definition) is 1. The molecule has 0 saturated carbocycles. The Labute approximate surface area is 151 Å². The van der Waals surface area contributed by atoms with Gasteiger partial charge in [-0.3, -0.25) is 4.68 Å². The summed E-state index contributed by atoms with van der Waals surface area (Å²) in [5.74, 6) is 4.79. The topological polar surface area (TPSA) is 83.0 Å². The summed E-state index contributed by atoms with van der Waals surface area (Å²) in [5, 5.41) is 4.40. The molecule has 27 heavy (non-hydrogen) atoms. The highest BCUT2D eigenvalue weighted by molar-refractivity contribution is 5.96. The standard InChI is InChI=1S/C18H13F3N4O2/c1-25-15(12-9-10(18(19,20)21)3-4-13(12)24-25)6-5-14-16(22)11(7-8-23-14)17(26)27-2/h3-4,7-9H,22H2,1-2H3. The van der Waals surface area contributed by atoms with Gasteiger partial charge >= 0.3 is 12.1 Å². The quantitative estimate of drug-likeness (QED) is 0.523. The molecule has 6 nitrogen and oxygen atoms in total. The number of fused-ring (bicyclic) bond motifs is 1. The van der Waals surface area contributed by atoms with E-state index in [1.807, 2.05) is 0 Å². The average molecular weight is 374 g/mol. The second-order valence-electron chi connectivity index (χ2n) is 5.56. The average Bonchev–Trinajstić information content (AvgIpc) is 2.94. The molecule has 0 unspecified atom stereocenters. The lowest BCUT2D eigenvalue weighted by Crippen LogP contribution is -2.08. The zero-order valence-electron chi connectivity index (χ0n) is 14.3. The summed E-state index contributed by atoms with van der Waals surface area (Å²) in [6, 6.07) is 4.63. The highest BCUT2D eigenvalue weighted by Gasteiger charge is 2.31. The van der Waals surface area contributed by atoms with E-state index in [2.05, 4.69) is 26.7 Å². The monoisotopic (exact) mass is 374 g/mol. The van der Waals surface area contributed by atoms with Crippen LogP contribution in [0.4, 0.5) is 18.9 Å².